The first-order valence-electron chi connectivity index (χ1n) is 12.5. The summed E-state index contributed by atoms with van der Waals surface area (Å²) in [5.74, 6) is -0.900. The van der Waals surface area contributed by atoms with Crippen molar-refractivity contribution >= 4 is 23.0 Å². The zero-order chi connectivity index (χ0) is 25.8. The maximum absolute atomic E-state index is 13.7. The molecule has 0 spiro atoms. The number of aliphatic imine (C=N–C) groups is 1. The predicted molar refractivity (Wildman–Crippen MR) is 140 cm³/mol. The third kappa shape index (κ3) is 5.50. The largest absolute Gasteiger partial charge is 0.494 e. The molecule has 0 fully saturated rings. The van der Waals surface area contributed by atoms with Crippen LogP contribution in [0, 0.1) is 17.6 Å². The van der Waals surface area contributed by atoms with Crippen LogP contribution in [0.15, 0.2) is 53.2 Å². The molecule has 0 saturated carbocycles. The monoisotopic (exact) mass is 493 g/mol. The van der Waals surface area contributed by atoms with Crippen LogP contribution in [-0.2, 0) is 13.1 Å². The fourth-order valence-electron chi connectivity index (χ4n) is 4.62. The summed E-state index contributed by atoms with van der Waals surface area (Å²) in [6.45, 7) is 9.58. The predicted octanol–water partition coefficient (Wildman–Crippen LogP) is 6.76. The maximum Gasteiger partial charge on any atom is 0.254 e. The number of carbonyl (C=O) groups is 1. The fraction of sp³-hybridized carbons (Fsp3) is 0.379. The number of allylic oxidation sites excluding steroid dienone is 2. The number of ether oxygens (including phenoxy) is 1. The van der Waals surface area contributed by atoms with E-state index in [-0.39, 0.29) is 18.4 Å². The highest BCUT2D eigenvalue weighted by Gasteiger charge is 2.25. The van der Waals surface area contributed by atoms with Crippen LogP contribution < -0.4 is 10.1 Å². The van der Waals surface area contributed by atoms with Gasteiger partial charge in [0.15, 0.2) is 11.6 Å². The summed E-state index contributed by atoms with van der Waals surface area (Å²) >= 11 is 0. The van der Waals surface area contributed by atoms with Gasteiger partial charge in [0.05, 0.1) is 29.9 Å². The van der Waals surface area contributed by atoms with Crippen LogP contribution in [0.2, 0.25) is 0 Å². The highest BCUT2D eigenvalue weighted by Crippen LogP contribution is 2.35. The molecule has 1 amide bonds. The third-order valence-electron chi connectivity index (χ3n) is 6.29. The molecule has 1 aliphatic rings. The van der Waals surface area contributed by atoms with E-state index in [9.17, 15) is 13.6 Å². The lowest BCUT2D eigenvalue weighted by molar-refractivity contribution is 0.0951. The van der Waals surface area contributed by atoms with Gasteiger partial charge in [0.1, 0.15) is 5.75 Å². The summed E-state index contributed by atoms with van der Waals surface area (Å²) in [6.07, 6.45) is 5.94. The van der Waals surface area contributed by atoms with E-state index in [1.54, 1.807) is 0 Å². The number of benzene rings is 2. The summed E-state index contributed by atoms with van der Waals surface area (Å²) in [4.78, 5) is 18.2. The number of hydrogen-bond donors (Lipinski definition) is 1. The number of rotatable bonds is 9. The Hall–Kier alpha value is -3.48. The molecule has 36 heavy (non-hydrogen) atoms. The fourth-order valence-corrected chi connectivity index (χ4v) is 4.62. The van der Waals surface area contributed by atoms with Crippen LogP contribution in [-0.4, -0.2) is 23.3 Å². The Morgan fingerprint density at radius 2 is 2.00 bits per heavy atom. The van der Waals surface area contributed by atoms with Crippen LogP contribution in [0.3, 0.4) is 0 Å². The number of carbonyl (C=O) groups excluding carboxylic acids is 1. The SMILES string of the molecule is CCCOc1ccc2c(C(=O)NCc3ccc(F)c(F)c3)c(C(C)C)n(CC3=CC(C)CC=N3)c2c1. The molecule has 5 nitrogen and oxygen atoms in total. The van der Waals surface area contributed by atoms with Crippen molar-refractivity contribution in [2.75, 3.05) is 6.61 Å². The summed E-state index contributed by atoms with van der Waals surface area (Å²) in [7, 11) is 0. The van der Waals surface area contributed by atoms with Gasteiger partial charge in [-0.2, -0.15) is 0 Å². The Labute approximate surface area is 210 Å². The van der Waals surface area contributed by atoms with Gasteiger partial charge in [-0.15, -0.1) is 0 Å². The quantitative estimate of drug-likeness (QED) is 0.358. The van der Waals surface area contributed by atoms with Crippen LogP contribution in [0.5, 0.6) is 5.75 Å². The lowest BCUT2D eigenvalue weighted by Gasteiger charge is -2.18. The Bertz CT molecular complexity index is 1320. The van der Waals surface area contributed by atoms with Crippen molar-refractivity contribution in [3.63, 3.8) is 0 Å². The zero-order valence-corrected chi connectivity index (χ0v) is 21.3. The molecule has 4 rings (SSSR count). The molecule has 1 aromatic heterocycles. The van der Waals surface area contributed by atoms with Gasteiger partial charge in [-0.05, 0) is 54.5 Å². The highest BCUT2D eigenvalue weighted by molar-refractivity contribution is 6.09. The number of halogens is 2. The van der Waals surface area contributed by atoms with E-state index in [2.05, 4.69) is 48.6 Å². The third-order valence-corrected chi connectivity index (χ3v) is 6.29. The second kappa shape index (κ2) is 11.1. The number of hydrogen-bond acceptors (Lipinski definition) is 3. The first kappa shape index (κ1) is 25.6. The standard InChI is InChI=1S/C29H33F2N3O2/c1-5-12-36-22-7-8-23-26(15-22)34(17-21-13-19(4)10-11-32-21)28(18(2)3)27(23)29(35)33-16-20-6-9-24(30)25(31)14-20/h6-9,11,13-15,18-19H,5,10,12,16-17H2,1-4H3,(H,33,35). The summed E-state index contributed by atoms with van der Waals surface area (Å²) < 4.78 is 35.0. The molecular weight excluding hydrogens is 460 g/mol. The van der Waals surface area contributed by atoms with Gasteiger partial charge < -0.3 is 14.6 Å². The molecule has 1 atom stereocenters. The van der Waals surface area contributed by atoms with Gasteiger partial charge in [-0.25, -0.2) is 8.78 Å². The number of fused-ring (bicyclic) bond motifs is 1. The number of nitrogens with zero attached hydrogens (tertiary/aromatic N) is 2. The Balaban J connectivity index is 1.77. The Kier molecular flexibility index (Phi) is 7.87. The van der Waals surface area contributed by atoms with Crippen molar-refractivity contribution in [1.29, 1.82) is 0 Å². The van der Waals surface area contributed by atoms with Gasteiger partial charge >= 0.3 is 0 Å². The molecule has 3 aromatic rings. The summed E-state index contributed by atoms with van der Waals surface area (Å²) in [6, 6.07) is 9.44. The van der Waals surface area contributed by atoms with E-state index >= 15 is 0 Å². The average Bonchev–Trinajstić information content (AvgIpc) is 3.17. The second-order valence-electron chi connectivity index (χ2n) is 9.64. The van der Waals surface area contributed by atoms with E-state index in [0.717, 1.165) is 53.0 Å². The summed E-state index contributed by atoms with van der Waals surface area (Å²) in [5.41, 5.74) is 3.83. The molecule has 2 aromatic carbocycles. The van der Waals surface area contributed by atoms with Gasteiger partial charge in [-0.1, -0.05) is 39.8 Å². The number of amides is 1. The molecule has 7 heteroatoms. The number of nitrogens with one attached hydrogen (secondary N) is 1. The lowest BCUT2D eigenvalue weighted by atomic mass is 10.0. The van der Waals surface area contributed by atoms with Crippen molar-refractivity contribution in [3.8, 4) is 5.75 Å². The molecule has 0 aliphatic carbocycles. The topological polar surface area (TPSA) is 55.6 Å². The molecular formula is C29H33F2N3O2. The lowest BCUT2D eigenvalue weighted by Crippen LogP contribution is -2.24. The van der Waals surface area contributed by atoms with E-state index in [1.165, 1.54) is 6.07 Å². The van der Waals surface area contributed by atoms with E-state index in [0.29, 0.717) is 30.2 Å². The molecule has 1 unspecified atom stereocenters. The van der Waals surface area contributed by atoms with Crippen molar-refractivity contribution in [2.45, 2.75) is 59.5 Å². The van der Waals surface area contributed by atoms with E-state index in [1.807, 2.05) is 24.4 Å². The van der Waals surface area contributed by atoms with Crippen LogP contribution in [0.4, 0.5) is 8.78 Å². The Morgan fingerprint density at radius 1 is 1.19 bits per heavy atom. The van der Waals surface area contributed by atoms with Gasteiger partial charge in [-0.3, -0.25) is 9.79 Å². The van der Waals surface area contributed by atoms with Crippen molar-refractivity contribution in [3.05, 3.63) is 76.6 Å². The minimum absolute atomic E-state index is 0.0482. The van der Waals surface area contributed by atoms with Gasteiger partial charge in [0.2, 0.25) is 0 Å². The minimum Gasteiger partial charge on any atom is -0.494 e. The second-order valence-corrected chi connectivity index (χ2v) is 9.64. The highest BCUT2D eigenvalue weighted by atomic mass is 19.2. The first-order valence-corrected chi connectivity index (χ1v) is 12.5. The first-order chi connectivity index (χ1) is 17.3. The van der Waals surface area contributed by atoms with Crippen molar-refractivity contribution in [2.24, 2.45) is 10.9 Å². The van der Waals surface area contributed by atoms with E-state index in [4.69, 9.17) is 4.74 Å². The molecule has 0 radical (unpaired) electrons. The van der Waals surface area contributed by atoms with E-state index < -0.39 is 11.6 Å². The molecule has 1 aliphatic heterocycles. The summed E-state index contributed by atoms with van der Waals surface area (Å²) in [5, 5.41) is 3.72. The zero-order valence-electron chi connectivity index (χ0n) is 21.3. The molecule has 190 valence electrons. The van der Waals surface area contributed by atoms with Crippen molar-refractivity contribution in [1.82, 2.24) is 9.88 Å². The van der Waals surface area contributed by atoms with Crippen LogP contribution >= 0.6 is 0 Å². The van der Waals surface area contributed by atoms with Gasteiger partial charge in [0.25, 0.3) is 5.91 Å². The van der Waals surface area contributed by atoms with Crippen LogP contribution in [0.25, 0.3) is 10.9 Å². The minimum atomic E-state index is -0.934. The average molecular weight is 494 g/mol. The van der Waals surface area contributed by atoms with Gasteiger partial charge in [0, 0.05) is 29.9 Å². The Morgan fingerprint density at radius 3 is 2.69 bits per heavy atom. The molecule has 0 bridgehead atoms. The smallest absolute Gasteiger partial charge is 0.254 e. The molecule has 2 heterocycles. The molecule has 1 N–H and O–H groups in total. The van der Waals surface area contributed by atoms with Crippen LogP contribution in [0.1, 0.15) is 68.1 Å². The van der Waals surface area contributed by atoms with Crippen molar-refractivity contribution < 1.29 is 18.3 Å². The molecule has 0 saturated heterocycles. The maximum atomic E-state index is 13.7. The number of aromatic nitrogens is 1. The normalized spacial score (nSPS) is 15.4.